The molecule has 0 radical (unpaired) electrons. The minimum absolute atomic E-state index is 0.209. The number of benzene rings is 1. The topological polar surface area (TPSA) is 119 Å². The molecule has 1 saturated heterocycles. The molecule has 4 aromatic rings. The number of likely N-dealkylation sites (tertiary alicyclic amines) is 1. The van der Waals surface area contributed by atoms with E-state index < -0.39 is 0 Å². The third kappa shape index (κ3) is 4.86. The van der Waals surface area contributed by atoms with Gasteiger partial charge in [-0.15, -0.1) is 0 Å². The van der Waals surface area contributed by atoms with E-state index in [1.807, 2.05) is 34.9 Å². The highest BCUT2D eigenvalue weighted by Crippen LogP contribution is 2.36. The molecular formula is C27H24IN7O2. The smallest absolute Gasteiger partial charge is 0.299 e. The van der Waals surface area contributed by atoms with Crippen molar-refractivity contribution in [2.24, 2.45) is 0 Å². The van der Waals surface area contributed by atoms with Crippen molar-refractivity contribution in [3.05, 3.63) is 71.9 Å². The highest BCUT2D eigenvalue weighted by atomic mass is 127. The van der Waals surface area contributed by atoms with E-state index in [0.29, 0.717) is 40.8 Å². The third-order valence-corrected chi connectivity index (χ3v) is 7.18. The van der Waals surface area contributed by atoms with Gasteiger partial charge in [-0.1, -0.05) is 40.6 Å². The Morgan fingerprint density at radius 1 is 1.19 bits per heavy atom. The van der Waals surface area contributed by atoms with Crippen LogP contribution in [0.2, 0.25) is 0 Å². The minimum atomic E-state index is -0.252. The van der Waals surface area contributed by atoms with Crippen molar-refractivity contribution < 1.29 is 9.59 Å². The summed E-state index contributed by atoms with van der Waals surface area (Å²) in [5.41, 5.74) is 9.96. The van der Waals surface area contributed by atoms with Crippen LogP contribution in [0.3, 0.4) is 0 Å². The summed E-state index contributed by atoms with van der Waals surface area (Å²) >= 11 is 2.27. The number of fused-ring (bicyclic) bond motifs is 1. The Kier molecular flexibility index (Phi) is 7.05. The Balaban J connectivity index is 1.48. The zero-order chi connectivity index (χ0) is 25.9. The molecule has 0 saturated carbocycles. The second-order valence-corrected chi connectivity index (χ2v) is 9.36. The van der Waals surface area contributed by atoms with Crippen LogP contribution in [-0.4, -0.2) is 42.6 Å². The lowest BCUT2D eigenvalue weighted by molar-refractivity contribution is -0.126. The number of pyridine rings is 1. The molecule has 37 heavy (non-hydrogen) atoms. The van der Waals surface area contributed by atoms with Crippen molar-refractivity contribution in [2.45, 2.75) is 30.2 Å². The first kappa shape index (κ1) is 24.7. The Labute approximate surface area is 227 Å². The van der Waals surface area contributed by atoms with E-state index in [1.165, 1.54) is 0 Å². The number of hydrogen-bond donors (Lipinski definition) is 2. The molecule has 1 aliphatic heterocycles. The van der Waals surface area contributed by atoms with Gasteiger partial charge in [0.15, 0.2) is 0 Å². The van der Waals surface area contributed by atoms with Crippen molar-refractivity contribution in [1.29, 1.82) is 0 Å². The molecule has 1 fully saturated rings. The average Bonchev–Trinajstić information content (AvgIpc) is 3.55. The van der Waals surface area contributed by atoms with E-state index in [4.69, 9.17) is 10.7 Å². The van der Waals surface area contributed by atoms with Gasteiger partial charge in [-0.25, -0.2) is 15.0 Å². The van der Waals surface area contributed by atoms with Gasteiger partial charge in [0.05, 0.1) is 6.04 Å². The van der Waals surface area contributed by atoms with Crippen LogP contribution < -0.4 is 11.1 Å². The van der Waals surface area contributed by atoms with Crippen molar-refractivity contribution >= 4 is 51.6 Å². The first-order chi connectivity index (χ1) is 18.0. The molecule has 1 aliphatic rings. The molecule has 4 heterocycles. The van der Waals surface area contributed by atoms with Crippen LogP contribution in [0, 0.1) is 11.8 Å². The second kappa shape index (κ2) is 10.6. The summed E-state index contributed by atoms with van der Waals surface area (Å²) in [7, 11) is 0. The zero-order valence-corrected chi connectivity index (χ0v) is 22.3. The van der Waals surface area contributed by atoms with Gasteiger partial charge in [0.25, 0.3) is 11.8 Å². The standard InChI is InChI=1S/C27H24IN7O2/c1-2-4-22(36)34-13-3-5-20(34)26-33-23(24-25(29)31-12-14-35(24)26)18-6-8-19(9-7-18)27(37)32-21-15-17(16-28)10-11-30-21/h6-12,14-15,20H,3,5,13,16H2,1H3,(H2,29,31)(H,30,32,37)/t20-/m0/s1. The normalized spacial score (nSPS) is 14.9. The number of nitrogens with two attached hydrogens (primary N) is 1. The fraction of sp³-hybridized carbons (Fsp3) is 0.222. The summed E-state index contributed by atoms with van der Waals surface area (Å²) in [6, 6.07) is 10.7. The fourth-order valence-electron chi connectivity index (χ4n) is 4.57. The van der Waals surface area contributed by atoms with Crippen molar-refractivity contribution in [2.75, 3.05) is 17.6 Å². The first-order valence-electron chi connectivity index (χ1n) is 11.8. The van der Waals surface area contributed by atoms with Gasteiger partial charge in [0.1, 0.15) is 28.7 Å². The largest absolute Gasteiger partial charge is 0.382 e. The SMILES string of the molecule is CC#CC(=O)N1CCC[C@H]1c1nc(-c2ccc(C(=O)Nc3cc(CI)ccn3)cc2)c2c(N)nccn12. The molecule has 0 unspecified atom stereocenters. The molecular weight excluding hydrogens is 581 g/mol. The summed E-state index contributed by atoms with van der Waals surface area (Å²) in [6.07, 6.45) is 6.76. The van der Waals surface area contributed by atoms with Crippen molar-refractivity contribution in [1.82, 2.24) is 24.3 Å². The number of aromatic nitrogens is 4. The predicted octanol–water partition coefficient (Wildman–Crippen LogP) is 4.25. The number of imidazole rings is 1. The number of halogens is 1. The number of rotatable bonds is 5. The van der Waals surface area contributed by atoms with Gasteiger partial charge in [0, 0.05) is 40.7 Å². The Morgan fingerprint density at radius 2 is 2.00 bits per heavy atom. The number of anilines is 2. The van der Waals surface area contributed by atoms with Crippen LogP contribution in [0.5, 0.6) is 0 Å². The number of carbonyl (C=O) groups excluding carboxylic acids is 2. The van der Waals surface area contributed by atoms with Gasteiger partial charge in [-0.2, -0.15) is 0 Å². The van der Waals surface area contributed by atoms with Gasteiger partial charge < -0.3 is 16.0 Å². The summed E-state index contributed by atoms with van der Waals surface area (Å²) in [6.45, 7) is 2.28. The Bertz CT molecular complexity index is 1550. The molecule has 0 spiro atoms. The lowest BCUT2D eigenvalue weighted by atomic mass is 10.1. The van der Waals surface area contributed by atoms with E-state index >= 15 is 0 Å². The lowest BCUT2D eigenvalue weighted by Crippen LogP contribution is -2.30. The van der Waals surface area contributed by atoms with Crippen LogP contribution in [0.25, 0.3) is 16.8 Å². The number of nitrogens with one attached hydrogen (secondary N) is 1. The molecule has 10 heteroatoms. The van der Waals surface area contributed by atoms with Crippen LogP contribution in [0.4, 0.5) is 11.6 Å². The summed E-state index contributed by atoms with van der Waals surface area (Å²) < 4.78 is 2.73. The van der Waals surface area contributed by atoms with Crippen molar-refractivity contribution in [3.63, 3.8) is 0 Å². The van der Waals surface area contributed by atoms with Gasteiger partial charge >= 0.3 is 0 Å². The molecule has 3 aromatic heterocycles. The van der Waals surface area contributed by atoms with Gasteiger partial charge in [0.2, 0.25) is 0 Å². The van der Waals surface area contributed by atoms with Gasteiger partial charge in [-0.3, -0.25) is 14.0 Å². The van der Waals surface area contributed by atoms with Crippen LogP contribution >= 0.6 is 22.6 Å². The number of hydrogen-bond acceptors (Lipinski definition) is 6. The van der Waals surface area contributed by atoms with Crippen molar-refractivity contribution in [3.8, 4) is 23.1 Å². The predicted molar refractivity (Wildman–Crippen MR) is 150 cm³/mol. The Hall–Kier alpha value is -3.98. The molecule has 0 aliphatic carbocycles. The number of amides is 2. The molecule has 9 nitrogen and oxygen atoms in total. The monoisotopic (exact) mass is 605 g/mol. The van der Waals surface area contributed by atoms with Gasteiger partial charge in [-0.05, 0) is 55.5 Å². The molecule has 5 rings (SSSR count). The maximum Gasteiger partial charge on any atom is 0.299 e. The fourth-order valence-corrected chi connectivity index (χ4v) is 5.05. The maximum absolute atomic E-state index is 12.8. The number of carbonyl (C=O) groups is 2. The summed E-state index contributed by atoms with van der Waals surface area (Å²) in [5.74, 6) is 6.44. The number of alkyl halides is 1. The number of nitrogens with zero attached hydrogens (tertiary/aromatic N) is 5. The van der Waals surface area contributed by atoms with E-state index in [1.54, 1.807) is 36.4 Å². The van der Waals surface area contributed by atoms with E-state index in [2.05, 4.69) is 49.7 Å². The molecule has 186 valence electrons. The Morgan fingerprint density at radius 3 is 2.76 bits per heavy atom. The van der Waals surface area contributed by atoms with Crippen LogP contribution in [-0.2, 0) is 9.22 Å². The third-order valence-electron chi connectivity index (χ3n) is 6.29. The summed E-state index contributed by atoms with van der Waals surface area (Å²) in [5, 5.41) is 2.85. The molecule has 1 atom stereocenters. The highest BCUT2D eigenvalue weighted by molar-refractivity contribution is 14.1. The van der Waals surface area contributed by atoms with E-state index in [9.17, 15) is 9.59 Å². The number of nitrogen functional groups attached to an aromatic ring is 1. The highest BCUT2D eigenvalue weighted by Gasteiger charge is 2.33. The minimum Gasteiger partial charge on any atom is -0.382 e. The average molecular weight is 605 g/mol. The zero-order valence-electron chi connectivity index (χ0n) is 20.1. The second-order valence-electron chi connectivity index (χ2n) is 8.60. The van der Waals surface area contributed by atoms with E-state index in [-0.39, 0.29) is 17.9 Å². The quantitative estimate of drug-likeness (QED) is 0.200. The summed E-state index contributed by atoms with van der Waals surface area (Å²) in [4.78, 5) is 40.6. The van der Waals surface area contributed by atoms with Crippen LogP contribution in [0.1, 0.15) is 47.6 Å². The lowest BCUT2D eigenvalue weighted by Gasteiger charge is -2.21. The molecule has 2 amide bonds. The maximum atomic E-state index is 12.8. The molecule has 3 N–H and O–H groups in total. The molecule has 1 aromatic carbocycles. The van der Waals surface area contributed by atoms with Crippen LogP contribution in [0.15, 0.2) is 55.0 Å². The molecule has 0 bridgehead atoms. The first-order valence-corrected chi connectivity index (χ1v) is 13.3. The van der Waals surface area contributed by atoms with E-state index in [0.717, 1.165) is 28.4 Å².